The Hall–Kier alpha value is -2.71. The molecule has 0 spiro atoms. The van der Waals surface area contributed by atoms with Gasteiger partial charge in [-0.15, -0.1) is 0 Å². The van der Waals surface area contributed by atoms with Gasteiger partial charge in [-0.1, -0.05) is 0 Å². The van der Waals surface area contributed by atoms with E-state index in [9.17, 15) is 18.0 Å². The van der Waals surface area contributed by atoms with E-state index < -0.39 is 11.9 Å². The molecule has 0 radical (unpaired) electrons. The summed E-state index contributed by atoms with van der Waals surface area (Å²) in [5, 5.41) is 2.63. The first kappa shape index (κ1) is 17.1. The number of piperidine rings is 1. The molecule has 9 heteroatoms. The maximum atomic E-state index is 12.5. The van der Waals surface area contributed by atoms with E-state index in [1.165, 1.54) is 6.07 Å². The molecule has 1 aliphatic rings. The molecule has 3 heterocycles. The zero-order valence-electron chi connectivity index (χ0n) is 13.2. The Morgan fingerprint density at radius 3 is 2.60 bits per heavy atom. The summed E-state index contributed by atoms with van der Waals surface area (Å²) in [7, 11) is 0. The highest BCUT2D eigenvalue weighted by atomic mass is 19.4. The Morgan fingerprint density at radius 2 is 1.96 bits per heavy atom. The van der Waals surface area contributed by atoms with E-state index in [1.54, 1.807) is 18.5 Å². The van der Waals surface area contributed by atoms with Crippen LogP contribution in [0.4, 0.5) is 24.8 Å². The van der Waals surface area contributed by atoms with Crippen LogP contribution in [0.1, 0.15) is 18.5 Å². The van der Waals surface area contributed by atoms with Crippen molar-refractivity contribution in [2.45, 2.75) is 19.0 Å². The molecule has 1 aliphatic heterocycles. The first-order valence-corrected chi connectivity index (χ1v) is 7.79. The number of nitrogens with one attached hydrogen (secondary N) is 1. The fourth-order valence-electron chi connectivity index (χ4n) is 2.71. The smallest absolute Gasteiger partial charge is 0.340 e. The van der Waals surface area contributed by atoms with Gasteiger partial charge in [0.05, 0.1) is 17.8 Å². The van der Waals surface area contributed by atoms with Crippen molar-refractivity contribution >= 4 is 17.5 Å². The summed E-state index contributed by atoms with van der Waals surface area (Å²) >= 11 is 0. The molecule has 3 rings (SSSR count). The molecule has 2 aromatic rings. The van der Waals surface area contributed by atoms with Crippen LogP contribution in [0.25, 0.3) is 0 Å². The minimum atomic E-state index is -4.50. The van der Waals surface area contributed by atoms with Crippen molar-refractivity contribution in [2.24, 2.45) is 5.92 Å². The fourth-order valence-corrected chi connectivity index (χ4v) is 2.71. The minimum absolute atomic E-state index is 0.242. The lowest BCUT2D eigenvalue weighted by atomic mass is 9.97. The predicted molar refractivity (Wildman–Crippen MR) is 84.8 cm³/mol. The molecule has 0 unspecified atom stereocenters. The summed E-state index contributed by atoms with van der Waals surface area (Å²) in [6.07, 6.45) is 1.30. The van der Waals surface area contributed by atoms with Crippen LogP contribution in [0.3, 0.4) is 0 Å². The van der Waals surface area contributed by atoms with E-state index >= 15 is 0 Å². The number of carbonyl (C=O) groups excluding carboxylic acids is 1. The van der Waals surface area contributed by atoms with Crippen LogP contribution in [0.15, 0.2) is 36.8 Å². The minimum Gasteiger partial charge on any atom is -0.340 e. The molecule has 2 aromatic heterocycles. The summed E-state index contributed by atoms with van der Waals surface area (Å²) < 4.78 is 37.5. The van der Waals surface area contributed by atoms with Gasteiger partial charge in [-0.05, 0) is 31.0 Å². The van der Waals surface area contributed by atoms with Gasteiger partial charge in [0.1, 0.15) is 5.69 Å². The second kappa shape index (κ2) is 7.04. The lowest BCUT2D eigenvalue weighted by molar-refractivity contribution is -0.141. The van der Waals surface area contributed by atoms with Crippen LogP contribution in [0.2, 0.25) is 0 Å². The topological polar surface area (TPSA) is 71.0 Å². The number of carbonyl (C=O) groups is 1. The van der Waals surface area contributed by atoms with E-state index in [2.05, 4.69) is 20.3 Å². The molecule has 1 fully saturated rings. The molecular weight excluding hydrogens is 335 g/mol. The normalized spacial score (nSPS) is 18.0. The highest BCUT2D eigenvalue weighted by Crippen LogP contribution is 2.28. The van der Waals surface area contributed by atoms with Crippen LogP contribution in [0, 0.1) is 5.92 Å². The number of rotatable bonds is 3. The quantitative estimate of drug-likeness (QED) is 0.921. The monoisotopic (exact) mass is 351 g/mol. The van der Waals surface area contributed by atoms with Crippen molar-refractivity contribution in [3.05, 3.63) is 42.5 Å². The molecule has 0 saturated carbocycles. The number of nitrogens with zero attached hydrogens (tertiary/aromatic N) is 4. The molecule has 0 aromatic carbocycles. The summed E-state index contributed by atoms with van der Waals surface area (Å²) in [6, 6.07) is 3.77. The third-order valence-corrected chi connectivity index (χ3v) is 3.95. The second-order valence-electron chi connectivity index (χ2n) is 5.75. The zero-order chi connectivity index (χ0) is 17.9. The van der Waals surface area contributed by atoms with Gasteiger partial charge in [-0.25, -0.2) is 15.0 Å². The lowest BCUT2D eigenvalue weighted by Gasteiger charge is -2.31. The second-order valence-corrected chi connectivity index (χ2v) is 5.75. The van der Waals surface area contributed by atoms with Gasteiger partial charge in [0, 0.05) is 25.5 Å². The van der Waals surface area contributed by atoms with Crippen molar-refractivity contribution in [2.75, 3.05) is 23.3 Å². The van der Waals surface area contributed by atoms with Crippen LogP contribution >= 0.6 is 0 Å². The summed E-state index contributed by atoms with van der Waals surface area (Å²) in [5.74, 6) is 0.0261. The average Bonchev–Trinajstić information content (AvgIpc) is 2.62. The van der Waals surface area contributed by atoms with E-state index in [-0.39, 0.29) is 17.5 Å². The Morgan fingerprint density at radius 1 is 1.20 bits per heavy atom. The number of alkyl halides is 3. The fraction of sp³-hybridized carbons (Fsp3) is 0.375. The van der Waals surface area contributed by atoms with Crippen LogP contribution in [-0.2, 0) is 11.0 Å². The molecule has 1 amide bonds. The molecule has 6 nitrogen and oxygen atoms in total. The summed E-state index contributed by atoms with van der Waals surface area (Å²) in [6.45, 7) is 1.22. The predicted octanol–water partition coefficient (Wildman–Crippen LogP) is 2.75. The SMILES string of the molecule is O=C(Nc1ccc(C(F)(F)F)nc1)[C@H]1CCCN(c2ncccn2)C1. The standard InChI is InChI=1S/C16H16F3N5O/c17-16(18,19)13-5-4-12(9-22-13)23-14(25)11-3-1-8-24(10-11)15-20-6-2-7-21-15/h2,4-7,9,11H,1,3,8,10H2,(H,23,25)/t11-/m0/s1. The van der Waals surface area contributed by atoms with Crippen molar-refractivity contribution in [1.29, 1.82) is 0 Å². The zero-order valence-corrected chi connectivity index (χ0v) is 13.2. The number of anilines is 2. The van der Waals surface area contributed by atoms with Crippen LogP contribution in [-0.4, -0.2) is 33.9 Å². The van der Waals surface area contributed by atoms with E-state index in [0.717, 1.165) is 25.2 Å². The Balaban J connectivity index is 1.63. The van der Waals surface area contributed by atoms with Crippen LogP contribution in [0.5, 0.6) is 0 Å². The van der Waals surface area contributed by atoms with E-state index in [0.29, 0.717) is 18.9 Å². The molecule has 1 atom stereocenters. The maximum absolute atomic E-state index is 12.5. The number of hydrogen-bond donors (Lipinski definition) is 1. The first-order chi connectivity index (χ1) is 11.9. The Labute approximate surface area is 142 Å². The Kier molecular flexibility index (Phi) is 4.82. The van der Waals surface area contributed by atoms with Gasteiger partial charge in [0.2, 0.25) is 11.9 Å². The molecule has 1 saturated heterocycles. The molecule has 0 aliphatic carbocycles. The van der Waals surface area contributed by atoms with Gasteiger partial charge in [0.25, 0.3) is 0 Å². The number of amides is 1. The lowest BCUT2D eigenvalue weighted by Crippen LogP contribution is -2.41. The van der Waals surface area contributed by atoms with Gasteiger partial charge in [0.15, 0.2) is 0 Å². The molecular formula is C16H16F3N5O. The molecule has 0 bridgehead atoms. The van der Waals surface area contributed by atoms with Gasteiger partial charge in [-0.2, -0.15) is 13.2 Å². The van der Waals surface area contributed by atoms with Gasteiger partial charge >= 0.3 is 6.18 Å². The summed E-state index contributed by atoms with van der Waals surface area (Å²) in [4.78, 5) is 26.0. The number of hydrogen-bond acceptors (Lipinski definition) is 5. The highest BCUT2D eigenvalue weighted by molar-refractivity contribution is 5.92. The molecule has 1 N–H and O–H groups in total. The highest BCUT2D eigenvalue weighted by Gasteiger charge is 2.32. The van der Waals surface area contributed by atoms with E-state index in [1.807, 2.05) is 4.90 Å². The molecule has 132 valence electrons. The first-order valence-electron chi connectivity index (χ1n) is 7.79. The van der Waals surface area contributed by atoms with Gasteiger partial charge in [-0.3, -0.25) is 4.79 Å². The molecule has 25 heavy (non-hydrogen) atoms. The third-order valence-electron chi connectivity index (χ3n) is 3.95. The van der Waals surface area contributed by atoms with Crippen molar-refractivity contribution < 1.29 is 18.0 Å². The third kappa shape index (κ3) is 4.23. The number of pyridine rings is 1. The Bertz CT molecular complexity index is 721. The van der Waals surface area contributed by atoms with Crippen molar-refractivity contribution in [3.8, 4) is 0 Å². The van der Waals surface area contributed by atoms with Crippen molar-refractivity contribution in [1.82, 2.24) is 15.0 Å². The number of aromatic nitrogens is 3. The van der Waals surface area contributed by atoms with Crippen molar-refractivity contribution in [3.63, 3.8) is 0 Å². The van der Waals surface area contributed by atoms with Gasteiger partial charge < -0.3 is 10.2 Å². The average molecular weight is 351 g/mol. The van der Waals surface area contributed by atoms with E-state index in [4.69, 9.17) is 0 Å². The van der Waals surface area contributed by atoms with Crippen LogP contribution < -0.4 is 10.2 Å². The maximum Gasteiger partial charge on any atom is 0.433 e. The largest absolute Gasteiger partial charge is 0.433 e. The summed E-state index contributed by atoms with van der Waals surface area (Å²) in [5.41, 5.74) is -0.748. The number of halogens is 3.